The molecular formula is C18H16N2O5S. The number of benzene rings is 2. The SMILES string of the molecule is Cc1nc(-c2ccc(S(=O)(=O)Nc3ccc4c(c3)OCO4)cc2)c(C)o1. The number of anilines is 1. The van der Waals surface area contributed by atoms with Crippen molar-refractivity contribution in [3.05, 3.63) is 54.1 Å². The lowest BCUT2D eigenvalue weighted by Gasteiger charge is -2.09. The molecule has 2 aromatic carbocycles. The van der Waals surface area contributed by atoms with Crippen LogP contribution in [0.2, 0.25) is 0 Å². The lowest BCUT2D eigenvalue weighted by molar-refractivity contribution is 0.174. The van der Waals surface area contributed by atoms with E-state index in [0.29, 0.717) is 34.5 Å². The van der Waals surface area contributed by atoms with Crippen molar-refractivity contribution in [3.8, 4) is 22.8 Å². The minimum Gasteiger partial charge on any atom is -0.454 e. The first-order valence-corrected chi connectivity index (χ1v) is 9.38. The Morgan fingerprint density at radius 2 is 1.73 bits per heavy atom. The summed E-state index contributed by atoms with van der Waals surface area (Å²) in [5, 5.41) is 0. The average molecular weight is 372 g/mol. The van der Waals surface area contributed by atoms with Crippen molar-refractivity contribution in [1.29, 1.82) is 0 Å². The summed E-state index contributed by atoms with van der Waals surface area (Å²) in [4.78, 5) is 4.47. The van der Waals surface area contributed by atoms with E-state index in [-0.39, 0.29) is 11.7 Å². The molecule has 1 aliphatic rings. The molecule has 0 bridgehead atoms. The summed E-state index contributed by atoms with van der Waals surface area (Å²) in [6.07, 6.45) is 0. The van der Waals surface area contributed by atoms with Crippen LogP contribution in [-0.4, -0.2) is 20.2 Å². The van der Waals surface area contributed by atoms with Crippen molar-refractivity contribution in [3.63, 3.8) is 0 Å². The zero-order chi connectivity index (χ0) is 18.3. The second kappa shape index (κ2) is 6.06. The van der Waals surface area contributed by atoms with Gasteiger partial charge in [-0.1, -0.05) is 12.1 Å². The van der Waals surface area contributed by atoms with Crippen LogP contribution in [0.4, 0.5) is 5.69 Å². The zero-order valence-corrected chi connectivity index (χ0v) is 15.0. The molecule has 0 spiro atoms. The van der Waals surface area contributed by atoms with Gasteiger partial charge in [0.05, 0.1) is 10.6 Å². The number of aromatic nitrogens is 1. The largest absolute Gasteiger partial charge is 0.454 e. The maximum Gasteiger partial charge on any atom is 0.261 e. The highest BCUT2D eigenvalue weighted by atomic mass is 32.2. The second-order valence-electron chi connectivity index (χ2n) is 5.84. The molecule has 0 atom stereocenters. The number of aryl methyl sites for hydroxylation is 2. The van der Waals surface area contributed by atoms with E-state index in [9.17, 15) is 8.42 Å². The Balaban J connectivity index is 1.59. The quantitative estimate of drug-likeness (QED) is 0.754. The van der Waals surface area contributed by atoms with Gasteiger partial charge in [0.2, 0.25) is 6.79 Å². The van der Waals surface area contributed by atoms with Crippen LogP contribution in [0.15, 0.2) is 51.8 Å². The van der Waals surface area contributed by atoms with Crippen molar-refractivity contribution >= 4 is 15.7 Å². The van der Waals surface area contributed by atoms with Crippen LogP contribution < -0.4 is 14.2 Å². The summed E-state index contributed by atoms with van der Waals surface area (Å²) >= 11 is 0. The van der Waals surface area contributed by atoms with Gasteiger partial charge in [-0.05, 0) is 31.2 Å². The molecular weight excluding hydrogens is 356 g/mol. The first kappa shape index (κ1) is 16.5. The predicted molar refractivity (Wildman–Crippen MR) is 94.8 cm³/mol. The maximum absolute atomic E-state index is 12.6. The van der Waals surface area contributed by atoms with Gasteiger partial charge < -0.3 is 13.9 Å². The Morgan fingerprint density at radius 3 is 2.42 bits per heavy atom. The molecule has 0 saturated heterocycles. The molecule has 3 aromatic rings. The zero-order valence-electron chi connectivity index (χ0n) is 14.1. The minimum atomic E-state index is -3.72. The third-order valence-electron chi connectivity index (χ3n) is 3.97. The fraction of sp³-hybridized carbons (Fsp3) is 0.167. The molecule has 7 nitrogen and oxygen atoms in total. The highest BCUT2D eigenvalue weighted by Crippen LogP contribution is 2.35. The first-order chi connectivity index (χ1) is 12.4. The second-order valence-corrected chi connectivity index (χ2v) is 7.52. The standard InChI is InChI=1S/C18H16N2O5S/c1-11-18(19-12(2)25-11)13-3-6-15(7-4-13)26(21,22)20-14-5-8-16-17(9-14)24-10-23-16/h3-9,20H,10H2,1-2H3. The van der Waals surface area contributed by atoms with E-state index in [1.807, 2.05) is 6.92 Å². The van der Waals surface area contributed by atoms with E-state index in [1.165, 1.54) is 12.1 Å². The van der Waals surface area contributed by atoms with Gasteiger partial charge in [0.25, 0.3) is 10.0 Å². The Kier molecular flexibility index (Phi) is 3.84. The summed E-state index contributed by atoms with van der Waals surface area (Å²) in [6, 6.07) is 11.4. The van der Waals surface area contributed by atoms with Crippen LogP contribution in [0.1, 0.15) is 11.7 Å². The molecule has 1 N–H and O–H groups in total. The lowest BCUT2D eigenvalue weighted by Crippen LogP contribution is -2.12. The Hall–Kier alpha value is -3.00. The van der Waals surface area contributed by atoms with Gasteiger partial charge in [-0.15, -0.1) is 0 Å². The molecule has 134 valence electrons. The monoisotopic (exact) mass is 372 g/mol. The van der Waals surface area contributed by atoms with Crippen molar-refractivity contribution in [1.82, 2.24) is 4.98 Å². The molecule has 0 amide bonds. The van der Waals surface area contributed by atoms with E-state index in [2.05, 4.69) is 9.71 Å². The molecule has 0 radical (unpaired) electrons. The van der Waals surface area contributed by atoms with E-state index in [4.69, 9.17) is 13.9 Å². The fourth-order valence-electron chi connectivity index (χ4n) is 2.76. The number of sulfonamides is 1. The molecule has 0 saturated carbocycles. The van der Waals surface area contributed by atoms with Gasteiger partial charge in [0.1, 0.15) is 11.5 Å². The summed E-state index contributed by atoms with van der Waals surface area (Å²) in [6.45, 7) is 3.72. The minimum absolute atomic E-state index is 0.133. The van der Waals surface area contributed by atoms with Gasteiger partial charge in [-0.2, -0.15) is 0 Å². The number of fused-ring (bicyclic) bond motifs is 1. The van der Waals surface area contributed by atoms with Crippen LogP contribution in [0.25, 0.3) is 11.3 Å². The van der Waals surface area contributed by atoms with Crippen molar-refractivity contribution in [2.75, 3.05) is 11.5 Å². The predicted octanol–water partition coefficient (Wildman–Crippen LogP) is 3.49. The van der Waals surface area contributed by atoms with E-state index < -0.39 is 10.0 Å². The Labute approximate surface area is 150 Å². The summed E-state index contributed by atoms with van der Waals surface area (Å²) in [5.41, 5.74) is 1.90. The van der Waals surface area contributed by atoms with Gasteiger partial charge >= 0.3 is 0 Å². The maximum atomic E-state index is 12.6. The Morgan fingerprint density at radius 1 is 1.00 bits per heavy atom. The van der Waals surface area contributed by atoms with Crippen molar-refractivity contribution < 1.29 is 22.3 Å². The number of nitrogens with one attached hydrogen (secondary N) is 1. The van der Waals surface area contributed by atoms with Crippen LogP contribution in [0, 0.1) is 13.8 Å². The lowest BCUT2D eigenvalue weighted by atomic mass is 10.1. The molecule has 8 heteroatoms. The first-order valence-electron chi connectivity index (χ1n) is 7.89. The van der Waals surface area contributed by atoms with Gasteiger partial charge in [-0.3, -0.25) is 4.72 Å². The smallest absolute Gasteiger partial charge is 0.261 e. The highest BCUT2D eigenvalue weighted by Gasteiger charge is 2.18. The number of rotatable bonds is 4. The van der Waals surface area contributed by atoms with Crippen LogP contribution in [-0.2, 0) is 10.0 Å². The molecule has 0 aliphatic carbocycles. The summed E-state index contributed by atoms with van der Waals surface area (Å²) in [5.74, 6) is 2.36. The number of hydrogen-bond donors (Lipinski definition) is 1. The Bertz CT molecular complexity index is 1070. The van der Waals surface area contributed by atoms with E-state index in [0.717, 1.165) is 5.56 Å². The van der Waals surface area contributed by atoms with Gasteiger partial charge in [0.15, 0.2) is 17.4 Å². The van der Waals surface area contributed by atoms with Crippen LogP contribution in [0.5, 0.6) is 11.5 Å². The van der Waals surface area contributed by atoms with Gasteiger partial charge in [-0.25, -0.2) is 13.4 Å². The number of nitrogens with zero attached hydrogens (tertiary/aromatic N) is 1. The number of oxazole rings is 1. The topological polar surface area (TPSA) is 90.7 Å². The molecule has 2 heterocycles. The third-order valence-corrected chi connectivity index (χ3v) is 5.36. The molecule has 0 unspecified atom stereocenters. The average Bonchev–Trinajstić information content (AvgIpc) is 3.20. The molecule has 0 fully saturated rings. The number of hydrogen-bond acceptors (Lipinski definition) is 6. The van der Waals surface area contributed by atoms with E-state index in [1.54, 1.807) is 37.3 Å². The summed E-state index contributed by atoms with van der Waals surface area (Å²) < 4.78 is 43.7. The molecule has 26 heavy (non-hydrogen) atoms. The summed E-state index contributed by atoms with van der Waals surface area (Å²) in [7, 11) is -3.72. The van der Waals surface area contributed by atoms with Crippen LogP contribution >= 0.6 is 0 Å². The highest BCUT2D eigenvalue weighted by molar-refractivity contribution is 7.92. The molecule has 4 rings (SSSR count). The molecule has 1 aliphatic heterocycles. The van der Waals surface area contributed by atoms with E-state index >= 15 is 0 Å². The third kappa shape index (κ3) is 2.99. The fourth-order valence-corrected chi connectivity index (χ4v) is 3.81. The van der Waals surface area contributed by atoms with Crippen molar-refractivity contribution in [2.24, 2.45) is 0 Å². The normalized spacial score (nSPS) is 13.0. The molecule has 1 aromatic heterocycles. The van der Waals surface area contributed by atoms with Crippen LogP contribution in [0.3, 0.4) is 0 Å². The number of ether oxygens (including phenoxy) is 2. The van der Waals surface area contributed by atoms with Crippen molar-refractivity contribution in [2.45, 2.75) is 18.7 Å². The van der Waals surface area contributed by atoms with Gasteiger partial charge in [0, 0.05) is 18.6 Å².